The van der Waals surface area contributed by atoms with Crippen molar-refractivity contribution in [2.45, 2.75) is 25.3 Å². The summed E-state index contributed by atoms with van der Waals surface area (Å²) in [6, 6.07) is 0. The number of carbonyl (C=O) groups is 1. The van der Waals surface area contributed by atoms with Crippen LogP contribution in [0, 0.1) is 0 Å². The summed E-state index contributed by atoms with van der Waals surface area (Å²) in [6.45, 7) is 0.762. The maximum Gasteiger partial charge on any atom is 0.314 e. The lowest BCUT2D eigenvalue weighted by molar-refractivity contribution is -0.139. The Hall–Kier alpha value is -0.910. The molecule has 0 saturated heterocycles. The van der Waals surface area contributed by atoms with Gasteiger partial charge in [0.05, 0.1) is 0 Å². The fourth-order valence-electron chi connectivity index (χ4n) is 1.56. The van der Waals surface area contributed by atoms with Crippen molar-refractivity contribution in [2.75, 3.05) is 0 Å². The van der Waals surface area contributed by atoms with Crippen LogP contribution in [-0.2, 0) is 11.3 Å². The molecule has 0 saturated carbocycles. The van der Waals surface area contributed by atoms with Gasteiger partial charge in [0.25, 0.3) is 0 Å². The van der Waals surface area contributed by atoms with Crippen LogP contribution in [0.25, 0.3) is 0 Å². The van der Waals surface area contributed by atoms with Gasteiger partial charge in [0.15, 0.2) is 0 Å². The van der Waals surface area contributed by atoms with E-state index in [0.29, 0.717) is 17.0 Å². The number of hydrogen-bond acceptors (Lipinski definition) is 3. The van der Waals surface area contributed by atoms with Gasteiger partial charge in [-0.15, -0.1) is 5.10 Å². The van der Waals surface area contributed by atoms with E-state index < -0.39 is 11.9 Å². The van der Waals surface area contributed by atoms with E-state index in [-0.39, 0.29) is 0 Å². The van der Waals surface area contributed by atoms with E-state index in [2.05, 4.69) is 26.0 Å². The van der Waals surface area contributed by atoms with E-state index in [1.165, 1.54) is 0 Å². The molecule has 0 spiro atoms. The van der Waals surface area contributed by atoms with Crippen molar-refractivity contribution < 1.29 is 9.90 Å². The second-order valence-corrected chi connectivity index (χ2v) is 3.70. The number of aliphatic carboxylic acids is 1. The van der Waals surface area contributed by atoms with Crippen LogP contribution < -0.4 is 0 Å². The molecule has 1 aromatic rings. The van der Waals surface area contributed by atoms with Gasteiger partial charge in [0, 0.05) is 6.54 Å². The Balaban J connectivity index is 2.41. The average molecular weight is 246 g/mol. The molecule has 13 heavy (non-hydrogen) atoms. The molecule has 1 aliphatic heterocycles. The number of halogens is 1. The standard InChI is InChI=1S/C7H8BrN3O2/c8-7-9-5-4(6(12)13)2-1-3-11(5)10-7/h4H,1-3H2,(H,12,13). The van der Waals surface area contributed by atoms with Gasteiger partial charge in [-0.05, 0) is 28.8 Å². The van der Waals surface area contributed by atoms with Crippen LogP contribution in [0.1, 0.15) is 24.6 Å². The van der Waals surface area contributed by atoms with Crippen LogP contribution in [0.2, 0.25) is 0 Å². The highest BCUT2D eigenvalue weighted by Crippen LogP contribution is 2.26. The fourth-order valence-corrected chi connectivity index (χ4v) is 1.93. The predicted octanol–water partition coefficient (Wildman–Crippen LogP) is 1.00. The summed E-state index contributed by atoms with van der Waals surface area (Å²) < 4.78 is 2.13. The number of aryl methyl sites for hydroxylation is 1. The molecular weight excluding hydrogens is 238 g/mol. The normalized spacial score (nSPS) is 21.2. The second-order valence-electron chi connectivity index (χ2n) is 3.00. The summed E-state index contributed by atoms with van der Waals surface area (Å²) in [5.41, 5.74) is 0. The van der Waals surface area contributed by atoms with Crippen LogP contribution in [0.3, 0.4) is 0 Å². The van der Waals surface area contributed by atoms with Crippen LogP contribution in [0.4, 0.5) is 0 Å². The van der Waals surface area contributed by atoms with Gasteiger partial charge in [0.2, 0.25) is 4.73 Å². The lowest BCUT2D eigenvalue weighted by atomic mass is 10.00. The Morgan fingerprint density at radius 2 is 2.46 bits per heavy atom. The molecule has 1 unspecified atom stereocenters. The summed E-state index contributed by atoms with van der Waals surface area (Å²) in [4.78, 5) is 14.9. The van der Waals surface area contributed by atoms with Gasteiger partial charge < -0.3 is 5.11 Å². The molecule has 0 fully saturated rings. The van der Waals surface area contributed by atoms with Gasteiger partial charge in [-0.25, -0.2) is 9.67 Å². The molecule has 1 atom stereocenters. The highest BCUT2D eigenvalue weighted by Gasteiger charge is 2.29. The van der Waals surface area contributed by atoms with E-state index in [1.807, 2.05) is 0 Å². The smallest absolute Gasteiger partial charge is 0.314 e. The Bertz CT molecular complexity index is 350. The monoisotopic (exact) mass is 245 g/mol. The van der Waals surface area contributed by atoms with Crippen molar-refractivity contribution in [3.63, 3.8) is 0 Å². The molecule has 2 rings (SSSR count). The lowest BCUT2D eigenvalue weighted by Crippen LogP contribution is -2.22. The van der Waals surface area contributed by atoms with Crippen molar-refractivity contribution >= 4 is 21.9 Å². The SMILES string of the molecule is O=C(O)C1CCCn2nc(Br)nc21. The van der Waals surface area contributed by atoms with Crippen molar-refractivity contribution in [1.82, 2.24) is 14.8 Å². The molecule has 70 valence electrons. The first-order valence-corrected chi connectivity index (χ1v) is 4.81. The number of carboxylic acids is 1. The third kappa shape index (κ3) is 1.46. The molecule has 0 aliphatic carbocycles. The number of rotatable bonds is 1. The fraction of sp³-hybridized carbons (Fsp3) is 0.571. The molecule has 0 radical (unpaired) electrons. The van der Waals surface area contributed by atoms with E-state index >= 15 is 0 Å². The molecule has 0 bridgehead atoms. The Morgan fingerprint density at radius 3 is 3.15 bits per heavy atom. The maximum absolute atomic E-state index is 10.8. The first kappa shape index (κ1) is 8.68. The van der Waals surface area contributed by atoms with Crippen molar-refractivity contribution in [3.8, 4) is 0 Å². The number of nitrogens with zero attached hydrogens (tertiary/aromatic N) is 3. The third-order valence-electron chi connectivity index (χ3n) is 2.15. The summed E-state index contributed by atoms with van der Waals surface area (Å²) in [7, 11) is 0. The van der Waals surface area contributed by atoms with Crippen LogP contribution in [0.5, 0.6) is 0 Å². The average Bonchev–Trinajstić information content (AvgIpc) is 2.43. The quantitative estimate of drug-likeness (QED) is 0.802. The Morgan fingerprint density at radius 1 is 1.69 bits per heavy atom. The first-order chi connectivity index (χ1) is 6.18. The molecule has 0 aromatic carbocycles. The van der Waals surface area contributed by atoms with Crippen LogP contribution in [0.15, 0.2) is 4.73 Å². The lowest BCUT2D eigenvalue weighted by Gasteiger charge is -2.17. The molecule has 5 nitrogen and oxygen atoms in total. The van der Waals surface area contributed by atoms with Gasteiger partial charge in [-0.2, -0.15) is 0 Å². The van der Waals surface area contributed by atoms with Gasteiger partial charge >= 0.3 is 5.97 Å². The second kappa shape index (κ2) is 3.10. The Labute approximate surface area is 82.9 Å². The molecule has 1 N–H and O–H groups in total. The van der Waals surface area contributed by atoms with Crippen molar-refractivity contribution in [2.24, 2.45) is 0 Å². The Kier molecular flexibility index (Phi) is 2.07. The number of fused-ring (bicyclic) bond motifs is 1. The van der Waals surface area contributed by atoms with Gasteiger partial charge in [-0.1, -0.05) is 0 Å². The molecule has 0 amide bonds. The summed E-state index contributed by atoms with van der Waals surface area (Å²) in [5.74, 6) is -0.751. The van der Waals surface area contributed by atoms with Gasteiger partial charge in [-0.3, -0.25) is 4.79 Å². The minimum Gasteiger partial charge on any atom is -0.481 e. The molecule has 2 heterocycles. The van der Waals surface area contributed by atoms with Crippen molar-refractivity contribution in [3.05, 3.63) is 10.6 Å². The van der Waals surface area contributed by atoms with Crippen LogP contribution in [-0.4, -0.2) is 25.8 Å². The molecule has 1 aliphatic rings. The van der Waals surface area contributed by atoms with Crippen LogP contribution >= 0.6 is 15.9 Å². The van der Waals surface area contributed by atoms with E-state index in [1.54, 1.807) is 4.68 Å². The summed E-state index contributed by atoms with van der Waals surface area (Å²) in [6.07, 6.45) is 1.50. The van der Waals surface area contributed by atoms with E-state index in [4.69, 9.17) is 5.11 Å². The first-order valence-electron chi connectivity index (χ1n) is 4.01. The highest BCUT2D eigenvalue weighted by atomic mass is 79.9. The minimum atomic E-state index is -0.819. The van der Waals surface area contributed by atoms with Gasteiger partial charge in [0.1, 0.15) is 11.7 Å². The third-order valence-corrected chi connectivity index (χ3v) is 2.48. The summed E-state index contributed by atoms with van der Waals surface area (Å²) in [5, 5.41) is 12.9. The maximum atomic E-state index is 10.8. The molecule has 6 heteroatoms. The predicted molar refractivity (Wildman–Crippen MR) is 47.3 cm³/mol. The molecular formula is C7H8BrN3O2. The van der Waals surface area contributed by atoms with Crippen molar-refractivity contribution in [1.29, 1.82) is 0 Å². The summed E-state index contributed by atoms with van der Waals surface area (Å²) >= 11 is 3.13. The highest BCUT2D eigenvalue weighted by molar-refractivity contribution is 9.10. The van der Waals surface area contributed by atoms with E-state index in [9.17, 15) is 4.79 Å². The minimum absolute atomic E-state index is 0.468. The topological polar surface area (TPSA) is 68.0 Å². The number of carboxylic acid groups (broad SMARTS) is 1. The number of aromatic nitrogens is 3. The number of hydrogen-bond donors (Lipinski definition) is 1. The van der Waals surface area contributed by atoms with E-state index in [0.717, 1.165) is 13.0 Å². The molecule has 1 aromatic heterocycles. The largest absolute Gasteiger partial charge is 0.481 e. The zero-order valence-corrected chi connectivity index (χ0v) is 8.36. The zero-order chi connectivity index (χ0) is 9.42. The zero-order valence-electron chi connectivity index (χ0n) is 6.77.